The molecule has 0 nitrogen and oxygen atoms in total. The lowest BCUT2D eigenvalue weighted by Crippen LogP contribution is -1.99. The second-order valence-corrected chi connectivity index (χ2v) is 5.92. The molecule has 18 heavy (non-hydrogen) atoms. The molecule has 0 aromatic heterocycles. The molecule has 90 valence electrons. The number of aryl methyl sites for hydroxylation is 1. The van der Waals surface area contributed by atoms with Crippen LogP contribution in [0.2, 0.25) is 0 Å². The molecule has 1 aliphatic carbocycles. The Kier molecular flexibility index (Phi) is 2.87. The monoisotopic (exact) mass is 298 g/mol. The second kappa shape index (κ2) is 4.40. The Bertz CT molecular complexity index is 621. The van der Waals surface area contributed by atoms with Gasteiger partial charge in [-0.1, -0.05) is 63.5 Å². The van der Waals surface area contributed by atoms with Crippen molar-refractivity contribution in [3.05, 3.63) is 74.8 Å². The first-order valence-electron chi connectivity index (χ1n) is 6.19. The molecule has 1 aliphatic rings. The van der Waals surface area contributed by atoms with Gasteiger partial charge in [-0.15, -0.1) is 0 Å². The zero-order chi connectivity index (χ0) is 12.7. The van der Waals surface area contributed by atoms with Crippen LogP contribution in [0.15, 0.2) is 52.5 Å². The number of benzene rings is 2. The van der Waals surface area contributed by atoms with E-state index in [1.165, 1.54) is 27.8 Å². The van der Waals surface area contributed by atoms with Gasteiger partial charge in [0.2, 0.25) is 0 Å². The van der Waals surface area contributed by atoms with Crippen molar-refractivity contribution in [2.45, 2.75) is 19.8 Å². The van der Waals surface area contributed by atoms with Gasteiger partial charge in [-0.3, -0.25) is 0 Å². The van der Waals surface area contributed by atoms with Gasteiger partial charge >= 0.3 is 0 Å². The van der Waals surface area contributed by atoms with Crippen molar-refractivity contribution < 1.29 is 0 Å². The Morgan fingerprint density at radius 2 is 1.67 bits per heavy atom. The van der Waals surface area contributed by atoms with Gasteiger partial charge in [-0.05, 0) is 42.7 Å². The summed E-state index contributed by atoms with van der Waals surface area (Å²) in [5.74, 6) is 0.415. The molecule has 0 saturated heterocycles. The van der Waals surface area contributed by atoms with Crippen LogP contribution in [-0.2, 0) is 0 Å². The van der Waals surface area contributed by atoms with Crippen molar-refractivity contribution in [2.75, 3.05) is 0 Å². The van der Waals surface area contributed by atoms with Crippen molar-refractivity contribution in [1.82, 2.24) is 0 Å². The van der Waals surface area contributed by atoms with E-state index in [0.29, 0.717) is 5.92 Å². The van der Waals surface area contributed by atoms with Gasteiger partial charge in [0.15, 0.2) is 0 Å². The van der Waals surface area contributed by atoms with E-state index in [1.54, 1.807) is 0 Å². The highest BCUT2D eigenvalue weighted by molar-refractivity contribution is 9.10. The van der Waals surface area contributed by atoms with Gasteiger partial charge in [0, 0.05) is 10.4 Å². The van der Waals surface area contributed by atoms with Gasteiger partial charge in [0.1, 0.15) is 0 Å². The first-order valence-corrected chi connectivity index (χ1v) is 6.98. The molecular weight excluding hydrogens is 284 g/mol. The third-order valence-electron chi connectivity index (χ3n) is 3.61. The van der Waals surface area contributed by atoms with Crippen LogP contribution in [0.4, 0.5) is 0 Å². The van der Waals surface area contributed by atoms with Crippen LogP contribution in [0.1, 0.15) is 35.1 Å². The van der Waals surface area contributed by atoms with E-state index in [9.17, 15) is 0 Å². The summed E-state index contributed by atoms with van der Waals surface area (Å²) in [6, 6.07) is 15.4. The maximum Gasteiger partial charge on any atom is 0.0305 e. The first-order chi connectivity index (χ1) is 8.65. The quantitative estimate of drug-likeness (QED) is 0.669. The molecule has 0 radical (unpaired) electrons. The summed E-state index contributed by atoms with van der Waals surface area (Å²) in [5, 5.41) is 0. The molecule has 1 heteroatoms. The van der Waals surface area contributed by atoms with E-state index in [-0.39, 0.29) is 0 Å². The minimum Gasteiger partial charge on any atom is -0.0608 e. The maximum absolute atomic E-state index is 3.57. The van der Waals surface area contributed by atoms with E-state index in [1.807, 2.05) is 0 Å². The summed E-state index contributed by atoms with van der Waals surface area (Å²) >= 11 is 3.57. The van der Waals surface area contributed by atoms with E-state index in [4.69, 9.17) is 0 Å². The highest BCUT2D eigenvalue weighted by Gasteiger charge is 2.23. The molecule has 0 aliphatic heterocycles. The van der Waals surface area contributed by atoms with Gasteiger partial charge in [0.05, 0.1) is 0 Å². The molecule has 2 aromatic rings. The Labute approximate surface area is 116 Å². The number of allylic oxidation sites excluding steroid dienone is 1. The van der Waals surface area contributed by atoms with Crippen LogP contribution in [0, 0.1) is 6.92 Å². The summed E-state index contributed by atoms with van der Waals surface area (Å²) in [7, 11) is 0. The topological polar surface area (TPSA) is 0 Å². The van der Waals surface area contributed by atoms with Crippen molar-refractivity contribution in [3.8, 4) is 0 Å². The molecule has 1 atom stereocenters. The van der Waals surface area contributed by atoms with Gasteiger partial charge in [-0.2, -0.15) is 0 Å². The fourth-order valence-electron chi connectivity index (χ4n) is 2.70. The number of fused-ring (bicyclic) bond motifs is 1. The lowest BCUT2D eigenvalue weighted by Gasteiger charge is -2.15. The number of hydrogen-bond acceptors (Lipinski definition) is 0. The SMILES string of the molecule is CC1=Cc2ccc(Br)cc2C1c1ccc(C)cc1. The van der Waals surface area contributed by atoms with Gasteiger partial charge < -0.3 is 0 Å². The lowest BCUT2D eigenvalue weighted by atomic mass is 9.89. The molecule has 0 fully saturated rings. The number of hydrogen-bond donors (Lipinski definition) is 0. The maximum atomic E-state index is 3.57. The van der Waals surface area contributed by atoms with E-state index in [2.05, 4.69) is 78.3 Å². The fraction of sp³-hybridized carbons (Fsp3) is 0.176. The minimum atomic E-state index is 0.415. The summed E-state index contributed by atoms with van der Waals surface area (Å²) in [6.45, 7) is 4.35. The van der Waals surface area contributed by atoms with E-state index >= 15 is 0 Å². The van der Waals surface area contributed by atoms with Crippen LogP contribution in [0.3, 0.4) is 0 Å². The van der Waals surface area contributed by atoms with Crippen molar-refractivity contribution in [1.29, 1.82) is 0 Å². The Balaban J connectivity index is 2.12. The van der Waals surface area contributed by atoms with Crippen LogP contribution in [0.25, 0.3) is 6.08 Å². The summed E-state index contributed by atoms with van der Waals surface area (Å²) < 4.78 is 1.15. The number of halogens is 1. The van der Waals surface area contributed by atoms with Gasteiger partial charge in [-0.25, -0.2) is 0 Å². The minimum absolute atomic E-state index is 0.415. The predicted molar refractivity (Wildman–Crippen MR) is 80.8 cm³/mol. The smallest absolute Gasteiger partial charge is 0.0305 e. The van der Waals surface area contributed by atoms with E-state index < -0.39 is 0 Å². The summed E-state index contributed by atoms with van der Waals surface area (Å²) in [6.07, 6.45) is 2.30. The summed E-state index contributed by atoms with van der Waals surface area (Å²) in [4.78, 5) is 0. The van der Waals surface area contributed by atoms with Crippen LogP contribution in [-0.4, -0.2) is 0 Å². The molecule has 0 heterocycles. The standard InChI is InChI=1S/C17H15Br/c1-11-3-5-13(6-4-11)17-12(2)9-14-7-8-15(18)10-16(14)17/h3-10,17H,1-2H3. The predicted octanol–water partition coefficient (Wildman–Crippen LogP) is 5.31. The summed E-state index contributed by atoms with van der Waals surface area (Å²) in [5.41, 5.74) is 6.87. The third kappa shape index (κ3) is 1.93. The van der Waals surface area contributed by atoms with Crippen LogP contribution in [0.5, 0.6) is 0 Å². The molecule has 0 saturated carbocycles. The normalized spacial score (nSPS) is 17.5. The molecule has 0 N–H and O–H groups in total. The molecule has 1 unspecified atom stereocenters. The molecule has 0 spiro atoms. The van der Waals surface area contributed by atoms with Crippen LogP contribution >= 0.6 is 15.9 Å². The average molecular weight is 299 g/mol. The van der Waals surface area contributed by atoms with Crippen molar-refractivity contribution >= 4 is 22.0 Å². The third-order valence-corrected chi connectivity index (χ3v) is 4.10. The van der Waals surface area contributed by atoms with Gasteiger partial charge in [0.25, 0.3) is 0 Å². The van der Waals surface area contributed by atoms with Crippen LogP contribution < -0.4 is 0 Å². The fourth-order valence-corrected chi connectivity index (χ4v) is 3.08. The van der Waals surface area contributed by atoms with Crippen molar-refractivity contribution in [2.24, 2.45) is 0 Å². The Morgan fingerprint density at radius 1 is 0.944 bits per heavy atom. The van der Waals surface area contributed by atoms with E-state index in [0.717, 1.165) is 4.47 Å². The highest BCUT2D eigenvalue weighted by Crippen LogP contribution is 2.41. The lowest BCUT2D eigenvalue weighted by molar-refractivity contribution is 0.974. The first kappa shape index (κ1) is 11.7. The van der Waals surface area contributed by atoms with Crippen molar-refractivity contribution in [3.63, 3.8) is 0 Å². The Morgan fingerprint density at radius 3 is 2.39 bits per heavy atom. The zero-order valence-electron chi connectivity index (χ0n) is 10.6. The number of rotatable bonds is 1. The molecule has 0 amide bonds. The molecule has 0 bridgehead atoms. The molecule has 3 rings (SSSR count). The highest BCUT2D eigenvalue weighted by atomic mass is 79.9. The average Bonchev–Trinajstić information content (AvgIpc) is 2.66. The largest absolute Gasteiger partial charge is 0.0608 e. The Hall–Kier alpha value is -1.34. The second-order valence-electron chi connectivity index (χ2n) is 5.01. The molecule has 2 aromatic carbocycles. The zero-order valence-corrected chi connectivity index (χ0v) is 12.2. The molecular formula is C17H15Br.